The van der Waals surface area contributed by atoms with Crippen LogP contribution in [0.15, 0.2) is 22.7 Å². The molecule has 0 saturated heterocycles. The number of nitrogens with zero attached hydrogens (tertiary/aromatic N) is 2. The van der Waals surface area contributed by atoms with Crippen molar-refractivity contribution in [2.75, 3.05) is 24.0 Å². The third kappa shape index (κ3) is 13.1. The maximum Gasteiger partial charge on any atom is 0.340 e. The first-order valence-corrected chi connectivity index (χ1v) is 14.7. The van der Waals surface area contributed by atoms with E-state index in [-0.39, 0.29) is 47.7 Å². The lowest BCUT2D eigenvalue weighted by Crippen LogP contribution is -2.33. The molecule has 3 N–H and O–H groups in total. The average molecular weight is 580 g/mol. The van der Waals surface area contributed by atoms with Gasteiger partial charge in [0.15, 0.2) is 5.82 Å². The van der Waals surface area contributed by atoms with Crippen molar-refractivity contribution < 1.29 is 28.4 Å². The predicted molar refractivity (Wildman–Crippen MR) is 153 cm³/mol. The summed E-state index contributed by atoms with van der Waals surface area (Å²) in [5, 5.41) is 6.17. The second-order valence-corrected chi connectivity index (χ2v) is 9.73. The van der Waals surface area contributed by atoms with Gasteiger partial charge in [0.1, 0.15) is 0 Å². The average Bonchev–Trinajstić information content (AvgIpc) is 3.43. The summed E-state index contributed by atoms with van der Waals surface area (Å²) >= 11 is 5.63. The van der Waals surface area contributed by atoms with Gasteiger partial charge in [0.2, 0.25) is 0 Å². The van der Waals surface area contributed by atoms with Crippen molar-refractivity contribution in [1.29, 1.82) is 0 Å². The minimum Gasteiger partial charge on any atom is -0.462 e. The second kappa shape index (κ2) is 19.7. The first-order valence-electron chi connectivity index (χ1n) is 14.2. The summed E-state index contributed by atoms with van der Waals surface area (Å²) < 4.78 is 15.7. The van der Waals surface area contributed by atoms with Crippen molar-refractivity contribution in [3.63, 3.8) is 0 Å². The highest BCUT2D eigenvalue weighted by Crippen LogP contribution is 2.18. The van der Waals surface area contributed by atoms with Crippen molar-refractivity contribution in [3.05, 3.63) is 35.2 Å². The normalized spacial score (nSPS) is 10.7. The fourth-order valence-electron chi connectivity index (χ4n) is 3.83. The van der Waals surface area contributed by atoms with E-state index in [1.807, 2.05) is 0 Å². The topological polar surface area (TPSA) is 145 Å². The van der Waals surface area contributed by atoms with Gasteiger partial charge in [0.25, 0.3) is 0 Å². The van der Waals surface area contributed by atoms with Crippen molar-refractivity contribution in [1.82, 2.24) is 15.6 Å². The van der Waals surface area contributed by atoms with Gasteiger partial charge in [-0.1, -0.05) is 83.2 Å². The summed E-state index contributed by atoms with van der Waals surface area (Å²) in [4.78, 5) is 41.9. The van der Waals surface area contributed by atoms with Gasteiger partial charge < -0.3 is 19.3 Å². The molecule has 2 rings (SSSR count). The molecule has 12 heteroatoms. The Morgan fingerprint density at radius 1 is 0.800 bits per heavy atom. The largest absolute Gasteiger partial charge is 0.462 e. The molecule has 40 heavy (non-hydrogen) atoms. The number of urea groups is 1. The number of hydrogen-bond donors (Lipinski definition) is 3. The lowest BCUT2D eigenvalue weighted by molar-refractivity contribution is 0.0496. The van der Waals surface area contributed by atoms with E-state index >= 15 is 0 Å². The molecule has 0 aliphatic rings. The van der Waals surface area contributed by atoms with E-state index in [0.29, 0.717) is 0 Å². The first kappa shape index (κ1) is 32.9. The minimum atomic E-state index is -0.699. The van der Waals surface area contributed by atoms with Gasteiger partial charge in [-0.2, -0.15) is 4.98 Å². The highest BCUT2D eigenvalue weighted by molar-refractivity contribution is 6.16. The van der Waals surface area contributed by atoms with Gasteiger partial charge in [-0.3, -0.25) is 0 Å². The zero-order chi connectivity index (χ0) is 29.0. The summed E-state index contributed by atoms with van der Waals surface area (Å²) in [5.74, 6) is -0.861. The summed E-state index contributed by atoms with van der Waals surface area (Å²) in [7, 11) is 0. The molecule has 222 valence electrons. The number of anilines is 2. The van der Waals surface area contributed by atoms with Crippen LogP contribution in [0.1, 0.15) is 117 Å². The van der Waals surface area contributed by atoms with Gasteiger partial charge in [-0.25, -0.2) is 25.2 Å². The van der Waals surface area contributed by atoms with E-state index in [1.165, 1.54) is 56.7 Å². The van der Waals surface area contributed by atoms with Crippen molar-refractivity contribution in [2.45, 2.75) is 96.8 Å². The Balaban J connectivity index is 1.98. The number of esters is 2. The number of amides is 2. The molecule has 2 amide bonds. The Bertz CT molecular complexity index is 1000. The maximum atomic E-state index is 12.8. The van der Waals surface area contributed by atoms with Gasteiger partial charge in [-0.15, -0.1) is 11.6 Å². The fourth-order valence-corrected chi connectivity index (χ4v) is 3.94. The third-order valence-corrected chi connectivity index (χ3v) is 6.23. The van der Waals surface area contributed by atoms with Crippen LogP contribution in [0.4, 0.5) is 16.5 Å². The number of carbonyl (C=O) groups is 3. The van der Waals surface area contributed by atoms with Gasteiger partial charge in [0, 0.05) is 5.69 Å². The number of nitrogens with one attached hydrogen (secondary N) is 3. The number of aromatic nitrogens is 2. The van der Waals surface area contributed by atoms with Crippen LogP contribution < -0.4 is 16.2 Å². The van der Waals surface area contributed by atoms with Crippen LogP contribution in [0.3, 0.4) is 0 Å². The minimum absolute atomic E-state index is 0.0524. The molecular formula is C28H42ClN5O6. The second-order valence-electron chi connectivity index (χ2n) is 9.46. The third-order valence-electron chi connectivity index (χ3n) is 5.99. The molecule has 0 aliphatic heterocycles. The molecule has 11 nitrogen and oxygen atoms in total. The van der Waals surface area contributed by atoms with E-state index in [2.05, 4.69) is 40.2 Å². The molecule has 0 aliphatic carbocycles. The Hall–Kier alpha value is -3.34. The lowest BCUT2D eigenvalue weighted by atomic mass is 10.1. The molecule has 0 radical (unpaired) electrons. The summed E-state index contributed by atoms with van der Waals surface area (Å²) in [5.41, 5.74) is 5.25. The Kier molecular flexibility index (Phi) is 16.2. The number of hydrazine groups is 1. The van der Waals surface area contributed by atoms with Crippen molar-refractivity contribution in [2.24, 2.45) is 0 Å². The Morgan fingerprint density at radius 3 is 1.82 bits per heavy atom. The summed E-state index contributed by atoms with van der Waals surface area (Å²) in [6, 6.07) is 3.53. The number of rotatable bonds is 20. The monoisotopic (exact) mass is 579 g/mol. The molecule has 0 fully saturated rings. The van der Waals surface area contributed by atoms with Crippen molar-refractivity contribution in [3.8, 4) is 0 Å². The quantitative estimate of drug-likeness (QED) is 0.0653. The summed E-state index contributed by atoms with van der Waals surface area (Å²) in [6.45, 7) is 4.88. The van der Waals surface area contributed by atoms with E-state index in [4.69, 9.17) is 25.6 Å². The first-order chi connectivity index (χ1) is 19.5. The highest BCUT2D eigenvalue weighted by Gasteiger charge is 2.17. The summed E-state index contributed by atoms with van der Waals surface area (Å²) in [6.07, 6.45) is 12.7. The van der Waals surface area contributed by atoms with Crippen LogP contribution in [0.2, 0.25) is 0 Å². The molecule has 2 aromatic rings. The molecule has 0 spiro atoms. The fraction of sp³-hybridized carbons (Fsp3) is 0.607. The maximum absolute atomic E-state index is 12.8. The molecule has 0 bridgehead atoms. The molecular weight excluding hydrogens is 538 g/mol. The van der Waals surface area contributed by atoms with Crippen LogP contribution in [-0.4, -0.2) is 41.3 Å². The number of halogens is 1. The highest BCUT2D eigenvalue weighted by atomic mass is 35.5. The number of ether oxygens (including phenoxy) is 2. The van der Waals surface area contributed by atoms with Crippen LogP contribution >= 0.6 is 11.6 Å². The molecule has 1 aromatic carbocycles. The number of alkyl halides is 1. The molecule has 1 aromatic heterocycles. The lowest BCUT2D eigenvalue weighted by Gasteiger charge is -2.12. The zero-order valence-electron chi connectivity index (χ0n) is 23.6. The van der Waals surface area contributed by atoms with Crippen LogP contribution in [-0.2, 0) is 15.4 Å². The van der Waals surface area contributed by atoms with Crippen molar-refractivity contribution >= 4 is 41.3 Å². The molecule has 0 unspecified atom stereocenters. The molecule has 1 heterocycles. The number of unbranched alkanes of at least 4 members (excludes halogenated alkanes) is 10. The Labute approximate surface area is 241 Å². The van der Waals surface area contributed by atoms with Crippen LogP contribution in [0.25, 0.3) is 0 Å². The number of benzene rings is 1. The molecule has 0 saturated carbocycles. The number of carbonyl (C=O) groups excluding carboxylic acids is 3. The van der Waals surface area contributed by atoms with Crippen LogP contribution in [0.5, 0.6) is 0 Å². The SMILES string of the molecule is CCCCCCCCOC(=O)c1cc(NC(=O)NNc2nc(CCl)no2)cc(C(=O)OCCCCCCCC)c1. The standard InChI is InChI=1S/C28H42ClN5O6/c1-3-5-7-9-11-13-15-38-25(35)21-17-22(26(36)39-16-14-12-10-8-6-4-2)19-23(18-21)30-27(37)32-33-28-31-24(20-29)34-40-28/h17-19H,3-16,20H2,1-2H3,(H2,30,32,37)(H,31,33,34). The Morgan fingerprint density at radius 2 is 1.32 bits per heavy atom. The number of hydrogen-bond acceptors (Lipinski definition) is 9. The van der Waals surface area contributed by atoms with Gasteiger partial charge in [-0.05, 0) is 31.0 Å². The van der Waals surface area contributed by atoms with Gasteiger partial charge in [0.05, 0.1) is 30.2 Å². The smallest absolute Gasteiger partial charge is 0.340 e. The van der Waals surface area contributed by atoms with E-state index in [1.54, 1.807) is 0 Å². The van der Waals surface area contributed by atoms with E-state index in [0.717, 1.165) is 38.5 Å². The molecule has 0 atom stereocenters. The van der Waals surface area contributed by atoms with E-state index < -0.39 is 18.0 Å². The zero-order valence-corrected chi connectivity index (χ0v) is 24.3. The van der Waals surface area contributed by atoms with Gasteiger partial charge >= 0.3 is 24.0 Å². The predicted octanol–water partition coefficient (Wildman–Crippen LogP) is 6.99. The van der Waals surface area contributed by atoms with E-state index in [9.17, 15) is 14.4 Å². The van der Waals surface area contributed by atoms with Crippen LogP contribution in [0, 0.1) is 0 Å².